The van der Waals surface area contributed by atoms with Gasteiger partial charge in [-0.25, -0.2) is 9.07 Å². The van der Waals surface area contributed by atoms with Gasteiger partial charge in [0.1, 0.15) is 5.82 Å². The number of fused-ring (bicyclic) bond motifs is 1. The highest BCUT2D eigenvalue weighted by molar-refractivity contribution is 5.77. The Morgan fingerprint density at radius 3 is 2.78 bits per heavy atom. The number of carboxylic acids is 1. The summed E-state index contributed by atoms with van der Waals surface area (Å²) in [6.07, 6.45) is 3.03. The van der Waals surface area contributed by atoms with E-state index >= 15 is 0 Å². The molecular weight excluding hydrogens is 235 g/mol. The minimum atomic E-state index is -0.836. The number of aryl methyl sites for hydroxylation is 1. The molecular formula is C13H11FN2O2. The van der Waals surface area contributed by atoms with Crippen molar-refractivity contribution in [2.75, 3.05) is 0 Å². The fourth-order valence-electron chi connectivity index (χ4n) is 2.42. The summed E-state index contributed by atoms with van der Waals surface area (Å²) < 4.78 is 14.5. The third kappa shape index (κ3) is 1.59. The second-order valence-electron chi connectivity index (χ2n) is 4.37. The van der Waals surface area contributed by atoms with Gasteiger partial charge in [0.2, 0.25) is 0 Å². The van der Waals surface area contributed by atoms with Crippen molar-refractivity contribution < 1.29 is 14.3 Å². The van der Waals surface area contributed by atoms with Gasteiger partial charge in [0, 0.05) is 0 Å². The van der Waals surface area contributed by atoms with Crippen LogP contribution in [0.15, 0.2) is 30.5 Å². The molecule has 1 aromatic carbocycles. The quantitative estimate of drug-likeness (QED) is 0.883. The zero-order chi connectivity index (χ0) is 12.7. The maximum absolute atomic E-state index is 12.9. The first-order valence-corrected chi connectivity index (χ1v) is 5.72. The van der Waals surface area contributed by atoms with Gasteiger partial charge in [-0.05, 0) is 42.7 Å². The first-order valence-electron chi connectivity index (χ1n) is 5.72. The maximum Gasteiger partial charge on any atom is 0.312 e. The van der Waals surface area contributed by atoms with E-state index in [9.17, 15) is 14.3 Å². The van der Waals surface area contributed by atoms with Gasteiger partial charge in [0.15, 0.2) is 0 Å². The summed E-state index contributed by atoms with van der Waals surface area (Å²) in [5.74, 6) is -1.68. The maximum atomic E-state index is 12.9. The van der Waals surface area contributed by atoms with E-state index in [0.29, 0.717) is 17.8 Å². The summed E-state index contributed by atoms with van der Waals surface area (Å²) in [6.45, 7) is 0. The third-order valence-electron chi connectivity index (χ3n) is 3.29. The zero-order valence-corrected chi connectivity index (χ0v) is 9.51. The first kappa shape index (κ1) is 11.0. The molecule has 1 aliphatic carbocycles. The molecule has 4 nitrogen and oxygen atoms in total. The van der Waals surface area contributed by atoms with Crippen LogP contribution in [0.2, 0.25) is 0 Å². The minimum Gasteiger partial charge on any atom is -0.481 e. The Hall–Kier alpha value is -2.17. The Morgan fingerprint density at radius 2 is 2.11 bits per heavy atom. The van der Waals surface area contributed by atoms with Crippen molar-refractivity contribution in [1.82, 2.24) is 9.78 Å². The van der Waals surface area contributed by atoms with Gasteiger partial charge in [0.25, 0.3) is 0 Å². The van der Waals surface area contributed by atoms with Crippen molar-refractivity contribution >= 4 is 5.97 Å². The highest BCUT2D eigenvalue weighted by atomic mass is 19.1. The highest BCUT2D eigenvalue weighted by Crippen LogP contribution is 2.34. The van der Waals surface area contributed by atoms with Crippen LogP contribution in [-0.2, 0) is 11.2 Å². The van der Waals surface area contributed by atoms with Gasteiger partial charge in [-0.1, -0.05) is 0 Å². The average molecular weight is 246 g/mol. The summed E-state index contributed by atoms with van der Waals surface area (Å²) in [5, 5.41) is 13.4. The molecule has 0 spiro atoms. The number of halogens is 1. The normalized spacial score (nSPS) is 17.7. The second-order valence-corrected chi connectivity index (χ2v) is 4.37. The molecule has 18 heavy (non-hydrogen) atoms. The predicted molar refractivity (Wildman–Crippen MR) is 62.2 cm³/mol. The van der Waals surface area contributed by atoms with Gasteiger partial charge in [-0.15, -0.1) is 0 Å². The van der Waals surface area contributed by atoms with Gasteiger partial charge in [0.05, 0.1) is 23.5 Å². The van der Waals surface area contributed by atoms with Crippen molar-refractivity contribution in [2.24, 2.45) is 0 Å². The summed E-state index contributed by atoms with van der Waals surface area (Å²) in [4.78, 5) is 11.2. The van der Waals surface area contributed by atoms with E-state index < -0.39 is 11.9 Å². The highest BCUT2D eigenvalue weighted by Gasteiger charge is 2.32. The molecule has 0 saturated heterocycles. The molecule has 0 saturated carbocycles. The first-order chi connectivity index (χ1) is 8.66. The van der Waals surface area contributed by atoms with Crippen LogP contribution >= 0.6 is 0 Å². The van der Waals surface area contributed by atoms with E-state index in [1.807, 2.05) is 0 Å². The number of aromatic nitrogens is 2. The van der Waals surface area contributed by atoms with Crippen LogP contribution < -0.4 is 0 Å². The number of hydrogen-bond donors (Lipinski definition) is 1. The molecule has 5 heteroatoms. The molecule has 3 rings (SSSR count). The molecule has 0 radical (unpaired) electrons. The van der Waals surface area contributed by atoms with Crippen LogP contribution in [0.5, 0.6) is 0 Å². The number of carbonyl (C=O) groups is 1. The lowest BCUT2D eigenvalue weighted by molar-refractivity contribution is -0.138. The zero-order valence-electron chi connectivity index (χ0n) is 9.51. The Balaban J connectivity index is 2.10. The lowest BCUT2D eigenvalue weighted by Gasteiger charge is -2.10. The van der Waals surface area contributed by atoms with Crippen LogP contribution in [0.25, 0.3) is 5.69 Å². The number of benzene rings is 1. The molecule has 0 bridgehead atoms. The van der Waals surface area contributed by atoms with Crippen LogP contribution in [0.4, 0.5) is 4.39 Å². The number of hydrogen-bond acceptors (Lipinski definition) is 2. The number of aliphatic carboxylic acids is 1. The standard InChI is InChI=1S/C13H11FN2O2/c14-9-2-4-10(5-3-9)16-12-8(7-15-16)1-6-11(12)13(17)18/h2-5,7,11H,1,6H2,(H,17,18). The van der Waals surface area contributed by atoms with Crippen LogP contribution in [-0.4, -0.2) is 20.9 Å². The van der Waals surface area contributed by atoms with Gasteiger partial charge < -0.3 is 5.11 Å². The summed E-state index contributed by atoms with van der Waals surface area (Å²) >= 11 is 0. The largest absolute Gasteiger partial charge is 0.481 e. The topological polar surface area (TPSA) is 55.1 Å². The third-order valence-corrected chi connectivity index (χ3v) is 3.29. The summed E-state index contributed by atoms with van der Waals surface area (Å²) in [5.41, 5.74) is 2.37. The molecule has 1 unspecified atom stereocenters. The molecule has 1 heterocycles. The Kier molecular flexibility index (Phi) is 2.40. The lowest BCUT2D eigenvalue weighted by atomic mass is 10.1. The Labute approximate surface area is 103 Å². The molecule has 1 aromatic heterocycles. The van der Waals surface area contributed by atoms with Crippen molar-refractivity contribution in [3.63, 3.8) is 0 Å². The fraction of sp³-hybridized carbons (Fsp3) is 0.231. The fourth-order valence-corrected chi connectivity index (χ4v) is 2.42. The van der Waals surface area contributed by atoms with E-state index in [0.717, 1.165) is 12.0 Å². The predicted octanol–water partition coefficient (Wildman–Crippen LogP) is 2.13. The molecule has 1 N–H and O–H groups in total. The Morgan fingerprint density at radius 1 is 1.39 bits per heavy atom. The van der Waals surface area contributed by atoms with Gasteiger partial charge in [-0.3, -0.25) is 4.79 Å². The van der Waals surface area contributed by atoms with Gasteiger partial charge >= 0.3 is 5.97 Å². The van der Waals surface area contributed by atoms with Crippen molar-refractivity contribution in [3.05, 3.63) is 47.5 Å². The monoisotopic (exact) mass is 246 g/mol. The average Bonchev–Trinajstić information content (AvgIpc) is 2.90. The van der Waals surface area contributed by atoms with E-state index in [4.69, 9.17) is 0 Å². The lowest BCUT2D eigenvalue weighted by Crippen LogP contribution is -2.13. The van der Waals surface area contributed by atoms with Crippen LogP contribution in [0.1, 0.15) is 23.6 Å². The number of carboxylic acid groups (broad SMARTS) is 1. The smallest absolute Gasteiger partial charge is 0.312 e. The second kappa shape index (κ2) is 3.94. The van der Waals surface area contributed by atoms with Crippen LogP contribution in [0.3, 0.4) is 0 Å². The summed E-state index contributed by atoms with van der Waals surface area (Å²) in [6, 6.07) is 5.88. The van der Waals surface area contributed by atoms with E-state index in [2.05, 4.69) is 5.10 Å². The van der Waals surface area contributed by atoms with Crippen molar-refractivity contribution in [2.45, 2.75) is 18.8 Å². The van der Waals surface area contributed by atoms with Crippen LogP contribution in [0, 0.1) is 5.82 Å². The van der Waals surface area contributed by atoms with Crippen molar-refractivity contribution in [1.29, 1.82) is 0 Å². The molecule has 1 aliphatic rings. The van der Waals surface area contributed by atoms with E-state index in [-0.39, 0.29) is 5.82 Å². The van der Waals surface area contributed by atoms with Crippen molar-refractivity contribution in [3.8, 4) is 5.69 Å². The van der Waals surface area contributed by atoms with E-state index in [1.165, 1.54) is 12.1 Å². The Bertz CT molecular complexity index is 604. The van der Waals surface area contributed by atoms with Gasteiger partial charge in [-0.2, -0.15) is 5.10 Å². The van der Waals surface area contributed by atoms with E-state index in [1.54, 1.807) is 23.0 Å². The molecule has 0 amide bonds. The molecule has 1 atom stereocenters. The minimum absolute atomic E-state index is 0.322. The molecule has 0 fully saturated rings. The SMILES string of the molecule is O=C(O)C1CCc2cnn(-c3ccc(F)cc3)c21. The number of rotatable bonds is 2. The number of nitrogens with zero attached hydrogens (tertiary/aromatic N) is 2. The molecule has 92 valence electrons. The molecule has 0 aliphatic heterocycles. The molecule has 2 aromatic rings. The summed E-state index contributed by atoms with van der Waals surface area (Å²) in [7, 11) is 0.